The molecule has 2 nitrogen and oxygen atoms in total. The van der Waals surface area contributed by atoms with E-state index in [1.54, 1.807) is 0 Å². The lowest BCUT2D eigenvalue weighted by Crippen LogP contribution is -1.84. The number of oxazole rings is 1. The zero-order chi connectivity index (χ0) is 10.8. The van der Waals surface area contributed by atoms with Gasteiger partial charge in [-0.05, 0) is 34.1 Å². The maximum atomic E-state index is 5.38. The number of hydrogen-bond donors (Lipinski definition) is 0. The largest absolute Gasteiger partial charge is 0.443 e. The Labute approximate surface area is 112 Å². The Hall–Kier alpha value is -0.130. The summed E-state index contributed by atoms with van der Waals surface area (Å²) < 4.78 is 7.38. The molecule has 1 heterocycles. The molecule has 0 atom stereocenters. The fourth-order valence-corrected chi connectivity index (χ4v) is 2.88. The molecule has 0 N–H and O–H groups in total. The zero-order valence-corrected chi connectivity index (χ0v) is 12.3. The Morgan fingerprint density at radius 2 is 2.07 bits per heavy atom. The van der Waals surface area contributed by atoms with Gasteiger partial charge in [0.15, 0.2) is 12.2 Å². The first-order chi connectivity index (χ1) is 7.22. The smallest absolute Gasteiger partial charge is 0.181 e. The third-order valence-electron chi connectivity index (χ3n) is 1.94. The summed E-state index contributed by atoms with van der Waals surface area (Å²) in [6.45, 7) is 0. The third-order valence-corrected chi connectivity index (χ3v) is 3.62. The average Bonchev–Trinajstić information content (AvgIpc) is 2.65. The van der Waals surface area contributed by atoms with Crippen molar-refractivity contribution in [2.24, 2.45) is 0 Å². The lowest BCUT2D eigenvalue weighted by molar-refractivity contribution is 0.571. The van der Waals surface area contributed by atoms with E-state index < -0.39 is 0 Å². The minimum atomic E-state index is 0.682. The molecule has 1 aromatic carbocycles. The Balaban J connectivity index is 2.54. The van der Waals surface area contributed by atoms with E-state index in [4.69, 9.17) is 4.42 Å². The monoisotopic (exact) mass is 393 g/mol. The van der Waals surface area contributed by atoms with Crippen LogP contribution in [0.3, 0.4) is 0 Å². The van der Waals surface area contributed by atoms with Crippen LogP contribution in [-0.2, 0) is 5.33 Å². The van der Waals surface area contributed by atoms with E-state index in [0.717, 1.165) is 26.0 Å². The highest BCUT2D eigenvalue weighted by Crippen LogP contribution is 2.33. The summed E-state index contributed by atoms with van der Waals surface area (Å²) in [5.41, 5.74) is 1.91. The molecule has 0 aliphatic heterocycles. The molecule has 0 radical (unpaired) electrons. The molecule has 2 rings (SSSR count). The van der Waals surface area contributed by atoms with Gasteiger partial charge in [0.1, 0.15) is 0 Å². The molecule has 0 amide bonds. The van der Waals surface area contributed by atoms with Crippen LogP contribution in [0.5, 0.6) is 0 Å². The van der Waals surface area contributed by atoms with Gasteiger partial charge in [-0.15, -0.1) is 0 Å². The molecule has 0 unspecified atom stereocenters. The van der Waals surface area contributed by atoms with Gasteiger partial charge in [-0.2, -0.15) is 0 Å². The van der Waals surface area contributed by atoms with E-state index in [1.807, 2.05) is 18.2 Å². The van der Waals surface area contributed by atoms with Gasteiger partial charge in [-0.25, -0.2) is 4.98 Å². The van der Waals surface area contributed by atoms with Crippen molar-refractivity contribution in [2.75, 3.05) is 0 Å². The molecular formula is C10H6Br3NO. The SMILES string of the molecule is BrCc1ncoc1-c1ccc(Br)cc1Br. The topological polar surface area (TPSA) is 26.0 Å². The molecule has 1 aromatic heterocycles. The summed E-state index contributed by atoms with van der Waals surface area (Å²) in [6.07, 6.45) is 1.46. The van der Waals surface area contributed by atoms with E-state index in [-0.39, 0.29) is 0 Å². The van der Waals surface area contributed by atoms with Crippen LogP contribution in [0.15, 0.2) is 38.0 Å². The first-order valence-corrected chi connectivity index (χ1v) is 6.87. The molecule has 0 bridgehead atoms. The minimum Gasteiger partial charge on any atom is -0.443 e. The lowest BCUT2D eigenvalue weighted by atomic mass is 10.1. The minimum absolute atomic E-state index is 0.682. The number of alkyl halides is 1. The highest BCUT2D eigenvalue weighted by molar-refractivity contribution is 9.11. The molecule has 78 valence electrons. The zero-order valence-electron chi connectivity index (χ0n) is 7.51. The summed E-state index contributed by atoms with van der Waals surface area (Å²) >= 11 is 10.3. The second kappa shape index (κ2) is 4.80. The fraction of sp³-hybridized carbons (Fsp3) is 0.100. The van der Waals surface area contributed by atoms with Crippen molar-refractivity contribution in [1.82, 2.24) is 4.98 Å². The molecule has 15 heavy (non-hydrogen) atoms. The van der Waals surface area contributed by atoms with Crippen LogP contribution in [0.4, 0.5) is 0 Å². The molecule has 5 heteroatoms. The van der Waals surface area contributed by atoms with Gasteiger partial charge in [-0.3, -0.25) is 0 Å². The standard InChI is InChI=1S/C10H6Br3NO/c11-4-9-10(15-5-14-9)7-2-1-6(12)3-8(7)13/h1-3,5H,4H2. The number of hydrogen-bond acceptors (Lipinski definition) is 2. The van der Waals surface area contributed by atoms with E-state index in [0.29, 0.717) is 5.33 Å². The van der Waals surface area contributed by atoms with Crippen LogP contribution < -0.4 is 0 Å². The van der Waals surface area contributed by atoms with E-state index in [1.165, 1.54) is 6.39 Å². The Bertz CT molecular complexity index is 481. The van der Waals surface area contributed by atoms with Gasteiger partial charge in [0.25, 0.3) is 0 Å². The van der Waals surface area contributed by atoms with Crippen LogP contribution in [0.25, 0.3) is 11.3 Å². The van der Waals surface area contributed by atoms with Crippen LogP contribution >= 0.6 is 47.8 Å². The predicted molar refractivity (Wildman–Crippen MR) is 70.0 cm³/mol. The van der Waals surface area contributed by atoms with Crippen LogP contribution in [0.2, 0.25) is 0 Å². The molecule has 0 fully saturated rings. The molecule has 2 aromatic rings. The van der Waals surface area contributed by atoms with Crippen molar-refractivity contribution >= 4 is 47.8 Å². The van der Waals surface area contributed by atoms with Crippen molar-refractivity contribution in [1.29, 1.82) is 0 Å². The first kappa shape index (κ1) is 11.4. The molecular weight excluding hydrogens is 390 g/mol. The van der Waals surface area contributed by atoms with Gasteiger partial charge >= 0.3 is 0 Å². The molecule has 0 saturated heterocycles. The Morgan fingerprint density at radius 3 is 2.73 bits per heavy atom. The molecule has 0 aliphatic rings. The van der Waals surface area contributed by atoms with Gasteiger partial charge in [-0.1, -0.05) is 31.9 Å². The molecule has 0 spiro atoms. The van der Waals surface area contributed by atoms with Crippen LogP contribution in [-0.4, -0.2) is 4.98 Å². The molecule has 0 aliphatic carbocycles. The maximum Gasteiger partial charge on any atom is 0.181 e. The molecule has 0 saturated carbocycles. The third kappa shape index (κ3) is 2.34. The number of benzene rings is 1. The summed E-state index contributed by atoms with van der Waals surface area (Å²) in [5.74, 6) is 0.797. The summed E-state index contributed by atoms with van der Waals surface area (Å²) in [4.78, 5) is 4.13. The van der Waals surface area contributed by atoms with Crippen molar-refractivity contribution in [2.45, 2.75) is 5.33 Å². The predicted octanol–water partition coefficient (Wildman–Crippen LogP) is 4.76. The van der Waals surface area contributed by atoms with Crippen LogP contribution in [0, 0.1) is 0 Å². The summed E-state index contributed by atoms with van der Waals surface area (Å²) in [5, 5.41) is 0.682. The van der Waals surface area contributed by atoms with Crippen molar-refractivity contribution in [3.63, 3.8) is 0 Å². The highest BCUT2D eigenvalue weighted by Gasteiger charge is 2.12. The fourth-order valence-electron chi connectivity index (χ4n) is 1.26. The van der Waals surface area contributed by atoms with Crippen LogP contribution in [0.1, 0.15) is 5.69 Å². The Morgan fingerprint density at radius 1 is 1.27 bits per heavy atom. The van der Waals surface area contributed by atoms with Gasteiger partial charge < -0.3 is 4.42 Å². The summed E-state index contributed by atoms with van der Waals surface area (Å²) in [7, 11) is 0. The van der Waals surface area contributed by atoms with Gasteiger partial charge in [0.05, 0.1) is 5.69 Å². The number of nitrogens with zero attached hydrogens (tertiary/aromatic N) is 1. The second-order valence-corrected chi connectivity index (χ2v) is 5.22. The maximum absolute atomic E-state index is 5.38. The second-order valence-electron chi connectivity index (χ2n) is 2.89. The number of halogens is 3. The number of aromatic nitrogens is 1. The quantitative estimate of drug-likeness (QED) is 0.685. The first-order valence-electron chi connectivity index (χ1n) is 4.16. The van der Waals surface area contributed by atoms with E-state index in [9.17, 15) is 0 Å². The highest BCUT2D eigenvalue weighted by atomic mass is 79.9. The van der Waals surface area contributed by atoms with Gasteiger partial charge in [0, 0.05) is 19.8 Å². The normalized spacial score (nSPS) is 10.6. The summed E-state index contributed by atoms with van der Waals surface area (Å²) in [6, 6.07) is 5.94. The lowest BCUT2D eigenvalue weighted by Gasteiger charge is -2.02. The van der Waals surface area contributed by atoms with Crippen molar-refractivity contribution in [3.05, 3.63) is 39.2 Å². The van der Waals surface area contributed by atoms with E-state index in [2.05, 4.69) is 52.8 Å². The Kier molecular flexibility index (Phi) is 3.64. The van der Waals surface area contributed by atoms with Crippen molar-refractivity contribution in [3.8, 4) is 11.3 Å². The number of rotatable bonds is 2. The average molecular weight is 396 g/mol. The van der Waals surface area contributed by atoms with Crippen molar-refractivity contribution < 1.29 is 4.42 Å². The van der Waals surface area contributed by atoms with E-state index >= 15 is 0 Å². The van der Waals surface area contributed by atoms with Gasteiger partial charge in [0.2, 0.25) is 0 Å².